The zero-order valence-corrected chi connectivity index (χ0v) is 11.2. The van der Waals surface area contributed by atoms with Crippen molar-refractivity contribution in [2.45, 2.75) is 25.8 Å². The number of carbonyl (C=O) groups excluding carboxylic acids is 2. The van der Waals surface area contributed by atoms with Crippen molar-refractivity contribution in [1.82, 2.24) is 15.5 Å². The molecule has 2 amide bonds. The summed E-state index contributed by atoms with van der Waals surface area (Å²) in [5, 5.41) is 5.72. The Labute approximate surface area is 108 Å². The molecule has 6 nitrogen and oxygen atoms in total. The minimum Gasteiger partial charge on any atom is -0.378 e. The Morgan fingerprint density at radius 3 is 2.61 bits per heavy atom. The van der Waals surface area contributed by atoms with Crippen LogP contribution in [-0.2, 0) is 14.3 Å². The molecule has 0 saturated carbocycles. The van der Waals surface area contributed by atoms with E-state index >= 15 is 0 Å². The Morgan fingerprint density at radius 2 is 2.00 bits per heavy atom. The first kappa shape index (κ1) is 14.9. The minimum atomic E-state index is -0.201. The predicted octanol–water partition coefficient (Wildman–Crippen LogP) is -0.650. The summed E-state index contributed by atoms with van der Waals surface area (Å²) < 4.78 is 5.21. The molecule has 2 N–H and O–H groups in total. The summed E-state index contributed by atoms with van der Waals surface area (Å²) in [4.78, 5) is 24.8. The number of rotatable bonds is 6. The summed E-state index contributed by atoms with van der Waals surface area (Å²) in [7, 11) is 1.63. The Kier molecular flexibility index (Phi) is 6.67. The molecule has 0 spiro atoms. The van der Waals surface area contributed by atoms with Crippen molar-refractivity contribution in [2.75, 3.05) is 39.9 Å². The van der Waals surface area contributed by atoms with Crippen LogP contribution in [0.5, 0.6) is 0 Å². The highest BCUT2D eigenvalue weighted by Crippen LogP contribution is 2.00. The highest BCUT2D eigenvalue weighted by atomic mass is 16.5. The van der Waals surface area contributed by atoms with E-state index in [1.54, 1.807) is 7.05 Å². The molecular formula is C12H23N3O3. The van der Waals surface area contributed by atoms with Crippen molar-refractivity contribution in [2.24, 2.45) is 0 Å². The fraction of sp³-hybridized carbons (Fsp3) is 0.833. The largest absolute Gasteiger partial charge is 0.378 e. The molecular weight excluding hydrogens is 234 g/mol. The molecule has 104 valence electrons. The normalized spacial score (nSPS) is 17.3. The van der Waals surface area contributed by atoms with E-state index in [-0.39, 0.29) is 17.9 Å². The number of morpholine rings is 1. The molecule has 0 aliphatic carbocycles. The Balaban J connectivity index is 2.17. The third-order valence-corrected chi connectivity index (χ3v) is 3.00. The summed E-state index contributed by atoms with van der Waals surface area (Å²) in [6, 6.07) is -0.201. The second-order valence-electron chi connectivity index (χ2n) is 4.39. The molecule has 1 aliphatic rings. The van der Waals surface area contributed by atoms with E-state index in [0.29, 0.717) is 39.3 Å². The van der Waals surface area contributed by atoms with Gasteiger partial charge in [-0.25, -0.2) is 0 Å². The number of ether oxygens (including phenoxy) is 1. The number of carbonyl (C=O) groups is 2. The lowest BCUT2D eigenvalue weighted by Crippen LogP contribution is -2.49. The number of amides is 2. The summed E-state index contributed by atoms with van der Waals surface area (Å²) in [5.74, 6) is 0.141. The fourth-order valence-corrected chi connectivity index (χ4v) is 1.84. The van der Waals surface area contributed by atoms with Crippen LogP contribution in [0.25, 0.3) is 0 Å². The van der Waals surface area contributed by atoms with Crippen molar-refractivity contribution in [3.8, 4) is 0 Å². The number of hydrogen-bond acceptors (Lipinski definition) is 4. The van der Waals surface area contributed by atoms with Gasteiger partial charge in [0.15, 0.2) is 0 Å². The molecule has 1 heterocycles. The van der Waals surface area contributed by atoms with Gasteiger partial charge < -0.3 is 20.3 Å². The van der Waals surface area contributed by atoms with Crippen LogP contribution in [0, 0.1) is 0 Å². The van der Waals surface area contributed by atoms with E-state index in [9.17, 15) is 9.59 Å². The molecule has 1 saturated heterocycles. The van der Waals surface area contributed by atoms with Crippen molar-refractivity contribution in [3.63, 3.8) is 0 Å². The van der Waals surface area contributed by atoms with Gasteiger partial charge >= 0.3 is 0 Å². The molecule has 1 unspecified atom stereocenters. The third kappa shape index (κ3) is 5.01. The van der Waals surface area contributed by atoms with Gasteiger partial charge in [-0.1, -0.05) is 0 Å². The van der Waals surface area contributed by atoms with E-state index in [1.165, 1.54) is 0 Å². The van der Waals surface area contributed by atoms with Gasteiger partial charge in [-0.15, -0.1) is 0 Å². The SMILES string of the molecule is CNC(=O)CCCNC(C)C(=O)N1CCOCC1. The predicted molar refractivity (Wildman–Crippen MR) is 68.2 cm³/mol. The summed E-state index contributed by atoms with van der Waals surface area (Å²) in [6.45, 7) is 5.11. The average molecular weight is 257 g/mol. The van der Waals surface area contributed by atoms with Crippen LogP contribution in [0.4, 0.5) is 0 Å². The van der Waals surface area contributed by atoms with E-state index in [0.717, 1.165) is 6.42 Å². The molecule has 0 radical (unpaired) electrons. The maximum atomic E-state index is 12.0. The van der Waals surface area contributed by atoms with Crippen LogP contribution < -0.4 is 10.6 Å². The topological polar surface area (TPSA) is 70.7 Å². The molecule has 0 bridgehead atoms. The lowest BCUT2D eigenvalue weighted by Gasteiger charge is -2.29. The molecule has 0 aromatic carbocycles. The fourth-order valence-electron chi connectivity index (χ4n) is 1.84. The van der Waals surface area contributed by atoms with Crippen LogP contribution in [0.2, 0.25) is 0 Å². The number of nitrogens with zero attached hydrogens (tertiary/aromatic N) is 1. The quantitative estimate of drug-likeness (QED) is 0.620. The van der Waals surface area contributed by atoms with Crippen LogP contribution in [-0.4, -0.2) is 62.7 Å². The van der Waals surface area contributed by atoms with Gasteiger partial charge in [0.2, 0.25) is 11.8 Å². The first-order valence-corrected chi connectivity index (χ1v) is 6.45. The number of hydrogen-bond donors (Lipinski definition) is 2. The molecule has 1 fully saturated rings. The number of nitrogens with one attached hydrogen (secondary N) is 2. The maximum absolute atomic E-state index is 12.0. The second-order valence-corrected chi connectivity index (χ2v) is 4.39. The summed E-state index contributed by atoms with van der Waals surface area (Å²) in [5.41, 5.74) is 0. The summed E-state index contributed by atoms with van der Waals surface area (Å²) in [6.07, 6.45) is 1.22. The van der Waals surface area contributed by atoms with E-state index in [1.807, 2.05) is 11.8 Å². The Morgan fingerprint density at radius 1 is 1.33 bits per heavy atom. The van der Waals surface area contributed by atoms with Crippen molar-refractivity contribution in [1.29, 1.82) is 0 Å². The van der Waals surface area contributed by atoms with Crippen molar-refractivity contribution in [3.05, 3.63) is 0 Å². The van der Waals surface area contributed by atoms with Crippen LogP contribution in [0.1, 0.15) is 19.8 Å². The van der Waals surface area contributed by atoms with Gasteiger partial charge in [-0.05, 0) is 19.9 Å². The van der Waals surface area contributed by atoms with Gasteiger partial charge in [0, 0.05) is 26.6 Å². The Hall–Kier alpha value is -1.14. The van der Waals surface area contributed by atoms with Crippen molar-refractivity contribution < 1.29 is 14.3 Å². The van der Waals surface area contributed by atoms with Gasteiger partial charge in [0.1, 0.15) is 0 Å². The average Bonchev–Trinajstić information content (AvgIpc) is 2.43. The molecule has 1 rings (SSSR count). The summed E-state index contributed by atoms with van der Waals surface area (Å²) >= 11 is 0. The van der Waals surface area contributed by atoms with Crippen LogP contribution in [0.3, 0.4) is 0 Å². The molecule has 6 heteroatoms. The van der Waals surface area contributed by atoms with E-state index in [2.05, 4.69) is 10.6 Å². The molecule has 18 heavy (non-hydrogen) atoms. The molecule has 1 atom stereocenters. The zero-order chi connectivity index (χ0) is 13.4. The second kappa shape index (κ2) is 8.05. The molecule has 1 aliphatic heterocycles. The first-order chi connectivity index (χ1) is 8.65. The van der Waals surface area contributed by atoms with Crippen molar-refractivity contribution >= 4 is 11.8 Å². The highest BCUT2D eigenvalue weighted by molar-refractivity contribution is 5.81. The maximum Gasteiger partial charge on any atom is 0.239 e. The van der Waals surface area contributed by atoms with E-state index in [4.69, 9.17) is 4.74 Å². The molecule has 0 aromatic heterocycles. The molecule has 0 aromatic rings. The standard InChI is InChI=1S/C12H23N3O3/c1-10(14-5-3-4-11(16)13-2)12(17)15-6-8-18-9-7-15/h10,14H,3-9H2,1-2H3,(H,13,16). The van der Waals surface area contributed by atoms with Crippen LogP contribution >= 0.6 is 0 Å². The minimum absolute atomic E-state index is 0.0314. The Bertz CT molecular complexity index is 278. The smallest absolute Gasteiger partial charge is 0.239 e. The van der Waals surface area contributed by atoms with Gasteiger partial charge in [0.25, 0.3) is 0 Å². The zero-order valence-electron chi connectivity index (χ0n) is 11.2. The highest BCUT2D eigenvalue weighted by Gasteiger charge is 2.21. The first-order valence-electron chi connectivity index (χ1n) is 6.45. The van der Waals surface area contributed by atoms with Gasteiger partial charge in [0.05, 0.1) is 19.3 Å². The lowest BCUT2D eigenvalue weighted by atomic mass is 10.2. The van der Waals surface area contributed by atoms with Gasteiger partial charge in [-0.3, -0.25) is 9.59 Å². The van der Waals surface area contributed by atoms with Gasteiger partial charge in [-0.2, -0.15) is 0 Å². The third-order valence-electron chi connectivity index (χ3n) is 3.00. The van der Waals surface area contributed by atoms with E-state index < -0.39 is 0 Å². The lowest BCUT2D eigenvalue weighted by molar-refractivity contribution is -0.137. The monoisotopic (exact) mass is 257 g/mol. The van der Waals surface area contributed by atoms with Crippen LogP contribution in [0.15, 0.2) is 0 Å².